The fourth-order valence-corrected chi connectivity index (χ4v) is 3.70. The number of hydrogen-bond donors (Lipinski definition) is 1. The summed E-state index contributed by atoms with van der Waals surface area (Å²) in [5.41, 5.74) is -0.570. The second-order valence-electron chi connectivity index (χ2n) is 6.44. The monoisotopic (exact) mass is 253 g/mol. The first-order valence-corrected chi connectivity index (χ1v) is 7.54. The van der Waals surface area contributed by atoms with Gasteiger partial charge in [0, 0.05) is 12.6 Å². The van der Waals surface area contributed by atoms with Crippen LogP contribution in [0.2, 0.25) is 0 Å². The number of piperidine rings is 1. The summed E-state index contributed by atoms with van der Waals surface area (Å²) in [6.45, 7) is 5.74. The van der Waals surface area contributed by atoms with Crippen molar-refractivity contribution < 1.29 is 9.90 Å². The quantitative estimate of drug-likeness (QED) is 0.836. The van der Waals surface area contributed by atoms with E-state index in [9.17, 15) is 9.90 Å². The maximum Gasteiger partial charge on any atom is 0.310 e. The van der Waals surface area contributed by atoms with Gasteiger partial charge in [-0.25, -0.2) is 0 Å². The lowest BCUT2D eigenvalue weighted by Gasteiger charge is -2.46. The Hall–Kier alpha value is -0.570. The molecule has 1 heterocycles. The van der Waals surface area contributed by atoms with Crippen LogP contribution in [0.3, 0.4) is 0 Å². The molecule has 3 nitrogen and oxygen atoms in total. The molecule has 0 radical (unpaired) electrons. The molecule has 3 heteroatoms. The standard InChI is InChI=1S/C15H27NO2/c1-3-15(2,14(17)18)11-16-10-6-8-12-7-4-5-9-13(12)16/h12-13H,3-11H2,1-2H3,(H,17,18)/t12-,13-,15?/m1/s1. The van der Waals surface area contributed by atoms with Crippen LogP contribution in [0, 0.1) is 11.3 Å². The highest BCUT2D eigenvalue weighted by Crippen LogP contribution is 2.37. The Bertz CT molecular complexity index is 303. The van der Waals surface area contributed by atoms with E-state index < -0.39 is 11.4 Å². The van der Waals surface area contributed by atoms with Crippen LogP contribution in [0.1, 0.15) is 58.8 Å². The van der Waals surface area contributed by atoms with Crippen LogP contribution in [0.5, 0.6) is 0 Å². The average molecular weight is 253 g/mol. The Morgan fingerprint density at radius 2 is 1.94 bits per heavy atom. The number of likely N-dealkylation sites (tertiary alicyclic amines) is 1. The summed E-state index contributed by atoms with van der Waals surface area (Å²) in [5, 5.41) is 9.43. The molecule has 18 heavy (non-hydrogen) atoms. The van der Waals surface area contributed by atoms with Crippen molar-refractivity contribution in [2.45, 2.75) is 64.8 Å². The van der Waals surface area contributed by atoms with E-state index in [1.54, 1.807) is 0 Å². The van der Waals surface area contributed by atoms with Gasteiger partial charge >= 0.3 is 5.97 Å². The van der Waals surface area contributed by atoms with Gasteiger partial charge in [-0.1, -0.05) is 19.8 Å². The maximum atomic E-state index is 11.5. The number of aliphatic carboxylic acids is 1. The van der Waals surface area contributed by atoms with Gasteiger partial charge in [0.25, 0.3) is 0 Å². The van der Waals surface area contributed by atoms with E-state index in [1.807, 2.05) is 13.8 Å². The molecular formula is C15H27NO2. The predicted octanol–water partition coefficient (Wildman–Crippen LogP) is 3.14. The average Bonchev–Trinajstić information content (AvgIpc) is 2.39. The van der Waals surface area contributed by atoms with Crippen molar-refractivity contribution in [3.63, 3.8) is 0 Å². The summed E-state index contributed by atoms with van der Waals surface area (Å²) in [6, 6.07) is 0.665. The Balaban J connectivity index is 2.04. The number of rotatable bonds is 4. The number of carbonyl (C=O) groups is 1. The van der Waals surface area contributed by atoms with Crippen LogP contribution in [0.15, 0.2) is 0 Å². The third kappa shape index (κ3) is 2.71. The van der Waals surface area contributed by atoms with E-state index in [-0.39, 0.29) is 0 Å². The molecule has 0 spiro atoms. The Morgan fingerprint density at radius 3 is 2.61 bits per heavy atom. The van der Waals surface area contributed by atoms with Gasteiger partial charge in [-0.05, 0) is 51.5 Å². The van der Waals surface area contributed by atoms with Gasteiger partial charge in [0.15, 0.2) is 0 Å². The minimum Gasteiger partial charge on any atom is -0.481 e. The van der Waals surface area contributed by atoms with Crippen LogP contribution in [0.4, 0.5) is 0 Å². The molecule has 1 saturated carbocycles. The second kappa shape index (κ2) is 5.60. The molecule has 0 aromatic rings. The first-order valence-electron chi connectivity index (χ1n) is 7.54. The second-order valence-corrected chi connectivity index (χ2v) is 6.44. The first kappa shape index (κ1) is 13.9. The molecule has 1 unspecified atom stereocenters. The Labute approximate surface area is 111 Å². The fraction of sp³-hybridized carbons (Fsp3) is 0.933. The van der Waals surface area contributed by atoms with E-state index in [4.69, 9.17) is 0 Å². The van der Waals surface area contributed by atoms with Gasteiger partial charge in [-0.2, -0.15) is 0 Å². The highest BCUT2D eigenvalue weighted by Gasteiger charge is 2.39. The van der Waals surface area contributed by atoms with Gasteiger partial charge in [0.2, 0.25) is 0 Å². The van der Waals surface area contributed by atoms with E-state index in [0.29, 0.717) is 6.04 Å². The summed E-state index contributed by atoms with van der Waals surface area (Å²) in [4.78, 5) is 14.0. The van der Waals surface area contributed by atoms with Gasteiger partial charge < -0.3 is 5.11 Å². The van der Waals surface area contributed by atoms with E-state index in [1.165, 1.54) is 38.5 Å². The maximum absolute atomic E-state index is 11.5. The molecule has 0 aromatic heterocycles. The van der Waals surface area contributed by atoms with Crippen LogP contribution in [0.25, 0.3) is 0 Å². The molecular weight excluding hydrogens is 226 g/mol. The fourth-order valence-electron chi connectivity index (χ4n) is 3.70. The van der Waals surface area contributed by atoms with E-state index in [0.717, 1.165) is 25.4 Å². The van der Waals surface area contributed by atoms with Gasteiger partial charge in [-0.3, -0.25) is 9.69 Å². The zero-order chi connectivity index (χ0) is 13.2. The molecule has 3 atom stereocenters. The third-order valence-electron chi connectivity index (χ3n) is 5.21. The molecule has 1 saturated heterocycles. The summed E-state index contributed by atoms with van der Waals surface area (Å²) in [5.74, 6) is 0.199. The van der Waals surface area contributed by atoms with Crippen molar-refractivity contribution in [2.24, 2.45) is 11.3 Å². The molecule has 1 N–H and O–H groups in total. The normalized spacial score (nSPS) is 32.6. The molecule has 0 bridgehead atoms. The largest absolute Gasteiger partial charge is 0.481 e. The minimum atomic E-state index is -0.636. The van der Waals surface area contributed by atoms with Crippen LogP contribution in [-0.4, -0.2) is 35.1 Å². The summed E-state index contributed by atoms with van der Waals surface area (Å²) < 4.78 is 0. The van der Waals surface area contributed by atoms with Crippen LogP contribution >= 0.6 is 0 Å². The van der Waals surface area contributed by atoms with Gasteiger partial charge in [0.1, 0.15) is 0 Å². The van der Waals surface area contributed by atoms with Gasteiger partial charge in [-0.15, -0.1) is 0 Å². The molecule has 104 valence electrons. The van der Waals surface area contributed by atoms with Crippen molar-refractivity contribution >= 4 is 5.97 Å². The summed E-state index contributed by atoms with van der Waals surface area (Å²) in [6.07, 6.45) is 8.67. The molecule has 2 fully saturated rings. The number of carboxylic acid groups (broad SMARTS) is 1. The number of fused-ring (bicyclic) bond motifs is 1. The Morgan fingerprint density at radius 1 is 1.28 bits per heavy atom. The third-order valence-corrected chi connectivity index (χ3v) is 5.21. The van der Waals surface area contributed by atoms with Crippen molar-refractivity contribution in [1.29, 1.82) is 0 Å². The van der Waals surface area contributed by atoms with Crippen molar-refractivity contribution in [2.75, 3.05) is 13.1 Å². The van der Waals surface area contributed by atoms with Crippen molar-refractivity contribution in [1.82, 2.24) is 4.90 Å². The predicted molar refractivity (Wildman–Crippen MR) is 72.6 cm³/mol. The van der Waals surface area contributed by atoms with Crippen LogP contribution < -0.4 is 0 Å². The lowest BCUT2D eigenvalue weighted by atomic mass is 9.76. The van der Waals surface area contributed by atoms with Crippen molar-refractivity contribution in [3.8, 4) is 0 Å². The van der Waals surface area contributed by atoms with E-state index >= 15 is 0 Å². The highest BCUT2D eigenvalue weighted by atomic mass is 16.4. The Kier molecular flexibility index (Phi) is 4.31. The van der Waals surface area contributed by atoms with Gasteiger partial charge in [0.05, 0.1) is 5.41 Å². The first-order chi connectivity index (χ1) is 8.57. The number of nitrogens with zero attached hydrogens (tertiary/aromatic N) is 1. The lowest BCUT2D eigenvalue weighted by molar-refractivity contribution is -0.150. The molecule has 2 rings (SSSR count). The smallest absolute Gasteiger partial charge is 0.310 e. The molecule has 1 aliphatic carbocycles. The highest BCUT2D eigenvalue weighted by molar-refractivity contribution is 5.74. The summed E-state index contributed by atoms with van der Waals surface area (Å²) >= 11 is 0. The zero-order valence-electron chi connectivity index (χ0n) is 11.8. The minimum absolute atomic E-state index is 0.570. The van der Waals surface area contributed by atoms with Crippen molar-refractivity contribution in [3.05, 3.63) is 0 Å². The molecule has 1 aliphatic heterocycles. The molecule has 2 aliphatic rings. The SMILES string of the molecule is CCC(C)(CN1CCC[C@H]2CCCC[C@H]21)C(=O)O. The lowest BCUT2D eigenvalue weighted by Crippen LogP contribution is -2.51. The number of carboxylic acids is 1. The summed E-state index contributed by atoms with van der Waals surface area (Å²) in [7, 11) is 0. The molecule has 0 amide bonds. The topological polar surface area (TPSA) is 40.5 Å². The van der Waals surface area contributed by atoms with Crippen LogP contribution in [-0.2, 0) is 4.79 Å². The number of hydrogen-bond acceptors (Lipinski definition) is 2. The zero-order valence-corrected chi connectivity index (χ0v) is 11.8. The van der Waals surface area contributed by atoms with E-state index in [2.05, 4.69) is 4.90 Å². The molecule has 0 aromatic carbocycles.